The molecule has 0 aliphatic rings. The number of aromatic nitrogens is 1. The number of nitrogens with zero attached hydrogens (tertiary/aromatic N) is 1. The van der Waals surface area contributed by atoms with Crippen LogP contribution >= 0.6 is 11.3 Å². The van der Waals surface area contributed by atoms with E-state index < -0.39 is 24.2 Å². The summed E-state index contributed by atoms with van der Waals surface area (Å²) in [4.78, 5) is 15.1. The summed E-state index contributed by atoms with van der Waals surface area (Å²) < 4.78 is 40.0. The molecule has 1 N–H and O–H groups in total. The van der Waals surface area contributed by atoms with Crippen molar-refractivity contribution in [1.82, 2.24) is 4.98 Å². The molecule has 1 heterocycles. The molecule has 4 nitrogen and oxygen atoms in total. The van der Waals surface area contributed by atoms with Gasteiger partial charge in [-0.25, -0.2) is 4.98 Å². The van der Waals surface area contributed by atoms with Crippen LogP contribution in [0, 0.1) is 0 Å². The molecule has 1 aromatic heterocycles. The molecule has 0 unspecified atom stereocenters. The van der Waals surface area contributed by atoms with Gasteiger partial charge in [-0.1, -0.05) is 0 Å². The Kier molecular flexibility index (Phi) is 4.92. The number of hydrogen-bond donors (Lipinski definition) is 1. The van der Waals surface area contributed by atoms with E-state index in [0.29, 0.717) is 10.7 Å². The molecule has 0 aliphatic heterocycles. The first-order valence-electron chi connectivity index (χ1n) is 5.45. The highest BCUT2D eigenvalue weighted by molar-refractivity contribution is 7.09. The predicted molar refractivity (Wildman–Crippen MR) is 63.4 cm³/mol. The maximum atomic E-state index is 11.8. The minimum absolute atomic E-state index is 0.0973. The van der Waals surface area contributed by atoms with Gasteiger partial charge in [-0.05, 0) is 13.8 Å². The van der Waals surface area contributed by atoms with E-state index >= 15 is 0 Å². The van der Waals surface area contributed by atoms with E-state index in [1.807, 2.05) is 0 Å². The Balaban J connectivity index is 2.50. The highest BCUT2D eigenvalue weighted by Gasteiger charge is 2.32. The molecule has 8 heteroatoms. The SMILES string of the molecule is CC(C)(C(=O)O)c1csc(CCOCC(F)(F)F)n1. The predicted octanol–water partition coefficient (Wildman–Crippen LogP) is 2.63. The molecule has 0 saturated heterocycles. The monoisotopic (exact) mass is 297 g/mol. The summed E-state index contributed by atoms with van der Waals surface area (Å²) in [6.45, 7) is 1.66. The Bertz CT molecular complexity index is 443. The van der Waals surface area contributed by atoms with Crippen LogP contribution in [0.4, 0.5) is 13.2 Å². The zero-order valence-corrected chi connectivity index (χ0v) is 11.3. The number of ether oxygens (including phenoxy) is 1. The third-order valence-corrected chi connectivity index (χ3v) is 3.36. The van der Waals surface area contributed by atoms with E-state index in [-0.39, 0.29) is 13.0 Å². The highest BCUT2D eigenvalue weighted by Crippen LogP contribution is 2.25. The minimum atomic E-state index is -4.33. The molecule has 0 saturated carbocycles. The van der Waals surface area contributed by atoms with Crippen molar-refractivity contribution in [2.24, 2.45) is 0 Å². The number of carboxylic acid groups (broad SMARTS) is 1. The zero-order valence-electron chi connectivity index (χ0n) is 10.5. The van der Waals surface area contributed by atoms with Crippen LogP contribution in [-0.2, 0) is 21.4 Å². The van der Waals surface area contributed by atoms with Gasteiger partial charge in [0.2, 0.25) is 0 Å². The lowest BCUT2D eigenvalue weighted by molar-refractivity contribution is -0.173. The zero-order chi connectivity index (χ0) is 14.7. The molecule has 108 valence electrons. The van der Waals surface area contributed by atoms with Crippen LogP contribution in [0.1, 0.15) is 24.5 Å². The van der Waals surface area contributed by atoms with E-state index in [0.717, 1.165) is 0 Å². The first-order chi connectivity index (χ1) is 8.63. The molecule has 0 fully saturated rings. The van der Waals surface area contributed by atoms with E-state index in [4.69, 9.17) is 5.11 Å². The Hall–Kier alpha value is -1.15. The van der Waals surface area contributed by atoms with Gasteiger partial charge in [-0.15, -0.1) is 11.3 Å². The molecule has 0 bridgehead atoms. The van der Waals surface area contributed by atoms with Crippen molar-refractivity contribution < 1.29 is 27.8 Å². The summed E-state index contributed by atoms with van der Waals surface area (Å²) in [5, 5.41) is 11.2. The number of carbonyl (C=O) groups is 1. The van der Waals surface area contributed by atoms with Crippen molar-refractivity contribution in [2.75, 3.05) is 13.2 Å². The quantitative estimate of drug-likeness (QED) is 0.820. The molecule has 0 spiro atoms. The summed E-state index contributed by atoms with van der Waals surface area (Å²) in [5.74, 6) is -1.00. The van der Waals surface area contributed by atoms with Gasteiger partial charge >= 0.3 is 12.1 Å². The van der Waals surface area contributed by atoms with Crippen molar-refractivity contribution in [2.45, 2.75) is 31.9 Å². The average molecular weight is 297 g/mol. The molecule has 0 amide bonds. The Morgan fingerprint density at radius 2 is 2.11 bits per heavy atom. The topological polar surface area (TPSA) is 59.4 Å². The Morgan fingerprint density at radius 3 is 2.63 bits per heavy atom. The standard InChI is InChI=1S/C11H14F3NO3S/c1-10(2,9(16)17)7-5-19-8(15-7)3-4-18-6-11(12,13)14/h5H,3-4,6H2,1-2H3,(H,16,17). The van der Waals surface area contributed by atoms with Crippen molar-refractivity contribution in [3.63, 3.8) is 0 Å². The van der Waals surface area contributed by atoms with E-state index in [1.165, 1.54) is 25.2 Å². The fraction of sp³-hybridized carbons (Fsp3) is 0.636. The van der Waals surface area contributed by atoms with Crippen molar-refractivity contribution in [3.05, 3.63) is 16.1 Å². The van der Waals surface area contributed by atoms with Crippen LogP contribution in [0.25, 0.3) is 0 Å². The number of rotatable bonds is 6. The lowest BCUT2D eigenvalue weighted by Gasteiger charge is -2.15. The largest absolute Gasteiger partial charge is 0.481 e. The van der Waals surface area contributed by atoms with Crippen LogP contribution in [0.2, 0.25) is 0 Å². The molecule has 0 atom stereocenters. The van der Waals surface area contributed by atoms with Gasteiger partial charge in [0, 0.05) is 11.8 Å². The van der Waals surface area contributed by atoms with Crippen LogP contribution < -0.4 is 0 Å². The fourth-order valence-electron chi connectivity index (χ4n) is 1.17. The van der Waals surface area contributed by atoms with E-state index in [9.17, 15) is 18.0 Å². The third-order valence-electron chi connectivity index (χ3n) is 2.45. The van der Waals surface area contributed by atoms with Crippen LogP contribution in [0.15, 0.2) is 5.38 Å². The second kappa shape index (κ2) is 5.87. The summed E-state index contributed by atoms with van der Waals surface area (Å²) >= 11 is 1.22. The maximum absolute atomic E-state index is 11.8. The number of thiazole rings is 1. The minimum Gasteiger partial charge on any atom is -0.481 e. The van der Waals surface area contributed by atoms with Gasteiger partial charge in [-0.3, -0.25) is 4.79 Å². The van der Waals surface area contributed by atoms with Gasteiger partial charge in [0.25, 0.3) is 0 Å². The highest BCUT2D eigenvalue weighted by atomic mass is 32.1. The van der Waals surface area contributed by atoms with Gasteiger partial charge in [-0.2, -0.15) is 13.2 Å². The van der Waals surface area contributed by atoms with E-state index in [1.54, 1.807) is 5.38 Å². The first kappa shape index (κ1) is 15.9. The molecular weight excluding hydrogens is 283 g/mol. The number of alkyl halides is 3. The summed E-state index contributed by atoms with van der Waals surface area (Å²) in [6, 6.07) is 0. The van der Waals surface area contributed by atoms with E-state index in [2.05, 4.69) is 9.72 Å². The molecule has 0 aromatic carbocycles. The molecule has 1 aromatic rings. The number of carboxylic acids is 1. The lowest BCUT2D eigenvalue weighted by atomic mass is 9.90. The molecule has 1 rings (SSSR count). The molecule has 0 radical (unpaired) electrons. The fourth-order valence-corrected chi connectivity index (χ4v) is 2.12. The van der Waals surface area contributed by atoms with Crippen molar-refractivity contribution >= 4 is 17.3 Å². The van der Waals surface area contributed by atoms with Crippen LogP contribution in [-0.4, -0.2) is 35.4 Å². The second-order valence-electron chi connectivity index (χ2n) is 4.47. The van der Waals surface area contributed by atoms with Gasteiger partial charge in [0.1, 0.15) is 12.0 Å². The second-order valence-corrected chi connectivity index (χ2v) is 5.42. The Morgan fingerprint density at radius 1 is 1.47 bits per heavy atom. The van der Waals surface area contributed by atoms with Crippen molar-refractivity contribution in [1.29, 1.82) is 0 Å². The molecule has 0 aliphatic carbocycles. The number of hydrogen-bond acceptors (Lipinski definition) is 4. The average Bonchev–Trinajstić information content (AvgIpc) is 2.72. The summed E-state index contributed by atoms with van der Waals surface area (Å²) in [6.07, 6.45) is -4.10. The maximum Gasteiger partial charge on any atom is 0.411 e. The lowest BCUT2D eigenvalue weighted by Crippen LogP contribution is -2.28. The normalized spacial score (nSPS) is 12.7. The first-order valence-corrected chi connectivity index (χ1v) is 6.33. The van der Waals surface area contributed by atoms with Gasteiger partial charge < -0.3 is 9.84 Å². The molecule has 19 heavy (non-hydrogen) atoms. The number of halogens is 3. The third kappa shape index (κ3) is 4.79. The Labute approximate surface area is 112 Å². The summed E-state index contributed by atoms with van der Waals surface area (Å²) in [7, 11) is 0. The number of aliphatic carboxylic acids is 1. The summed E-state index contributed by atoms with van der Waals surface area (Å²) in [5.41, 5.74) is -0.711. The van der Waals surface area contributed by atoms with Crippen molar-refractivity contribution in [3.8, 4) is 0 Å². The van der Waals surface area contributed by atoms with Gasteiger partial charge in [0.05, 0.1) is 17.3 Å². The smallest absolute Gasteiger partial charge is 0.411 e. The van der Waals surface area contributed by atoms with Crippen LogP contribution in [0.3, 0.4) is 0 Å². The van der Waals surface area contributed by atoms with Gasteiger partial charge in [0.15, 0.2) is 0 Å². The molecular formula is C11H14F3NO3S. The van der Waals surface area contributed by atoms with Crippen LogP contribution in [0.5, 0.6) is 0 Å².